The zero-order chi connectivity index (χ0) is 15.5. The SMILES string of the molecule is N=C(NC(=N)N1CCC(F)(F)CC1)Nc1ccccc1Br. The maximum absolute atomic E-state index is 13.1. The number of piperidine rings is 1. The molecule has 1 aliphatic rings. The highest BCUT2D eigenvalue weighted by Gasteiger charge is 2.34. The van der Waals surface area contributed by atoms with E-state index in [2.05, 4.69) is 26.6 Å². The van der Waals surface area contributed by atoms with Crippen LogP contribution in [-0.4, -0.2) is 35.8 Å². The molecular formula is C13H16BrF2N5. The van der Waals surface area contributed by atoms with E-state index in [1.807, 2.05) is 18.2 Å². The Morgan fingerprint density at radius 2 is 1.81 bits per heavy atom. The summed E-state index contributed by atoms with van der Waals surface area (Å²) in [6, 6.07) is 7.28. The van der Waals surface area contributed by atoms with Crippen molar-refractivity contribution in [2.24, 2.45) is 0 Å². The molecule has 1 aromatic rings. The minimum Gasteiger partial charge on any atom is -0.342 e. The van der Waals surface area contributed by atoms with Gasteiger partial charge in [-0.25, -0.2) is 8.78 Å². The highest BCUT2D eigenvalue weighted by Crippen LogP contribution is 2.27. The second kappa shape index (κ2) is 6.38. The molecule has 0 bridgehead atoms. The number of halogens is 3. The molecule has 1 saturated heterocycles. The van der Waals surface area contributed by atoms with Crippen LogP contribution in [-0.2, 0) is 0 Å². The molecule has 0 aromatic heterocycles. The molecule has 1 aromatic carbocycles. The zero-order valence-electron chi connectivity index (χ0n) is 11.2. The molecule has 0 amide bonds. The van der Waals surface area contributed by atoms with Gasteiger partial charge in [-0.2, -0.15) is 0 Å². The van der Waals surface area contributed by atoms with Crippen molar-refractivity contribution in [2.75, 3.05) is 18.4 Å². The van der Waals surface area contributed by atoms with Crippen molar-refractivity contribution in [3.05, 3.63) is 28.7 Å². The number of nitrogens with zero attached hydrogens (tertiary/aromatic N) is 1. The number of guanidine groups is 2. The molecule has 0 radical (unpaired) electrons. The van der Waals surface area contributed by atoms with Crippen molar-refractivity contribution in [2.45, 2.75) is 18.8 Å². The van der Waals surface area contributed by atoms with Gasteiger partial charge in [-0.15, -0.1) is 0 Å². The van der Waals surface area contributed by atoms with E-state index in [-0.39, 0.29) is 37.9 Å². The molecule has 4 N–H and O–H groups in total. The average molecular weight is 360 g/mol. The molecule has 0 aliphatic carbocycles. The number of nitrogens with one attached hydrogen (secondary N) is 4. The molecule has 0 spiro atoms. The highest BCUT2D eigenvalue weighted by atomic mass is 79.9. The summed E-state index contributed by atoms with van der Waals surface area (Å²) in [5.74, 6) is -2.77. The Morgan fingerprint density at radius 1 is 1.19 bits per heavy atom. The molecule has 2 rings (SSSR count). The predicted octanol–water partition coefficient (Wildman–Crippen LogP) is 3.05. The second-order valence-corrected chi connectivity index (χ2v) is 5.65. The quantitative estimate of drug-likeness (QED) is 0.459. The van der Waals surface area contributed by atoms with E-state index in [0.717, 1.165) is 4.47 Å². The maximum atomic E-state index is 13.1. The molecular weight excluding hydrogens is 344 g/mol. The first-order valence-corrected chi connectivity index (χ1v) is 7.25. The molecule has 0 atom stereocenters. The summed E-state index contributed by atoms with van der Waals surface area (Å²) < 4.78 is 26.9. The summed E-state index contributed by atoms with van der Waals surface area (Å²) in [5.41, 5.74) is 0.688. The fraction of sp³-hybridized carbons (Fsp3) is 0.385. The van der Waals surface area contributed by atoms with Gasteiger partial charge in [0.1, 0.15) is 0 Å². The Hall–Kier alpha value is -1.70. The van der Waals surface area contributed by atoms with Crippen molar-refractivity contribution >= 4 is 33.5 Å². The van der Waals surface area contributed by atoms with Crippen LogP contribution >= 0.6 is 15.9 Å². The fourth-order valence-electron chi connectivity index (χ4n) is 1.98. The molecule has 114 valence electrons. The van der Waals surface area contributed by atoms with Crippen molar-refractivity contribution in [1.29, 1.82) is 10.8 Å². The average Bonchev–Trinajstić information content (AvgIpc) is 2.41. The maximum Gasteiger partial charge on any atom is 0.251 e. The smallest absolute Gasteiger partial charge is 0.251 e. The number of para-hydroxylation sites is 1. The Kier molecular flexibility index (Phi) is 4.76. The zero-order valence-corrected chi connectivity index (χ0v) is 12.8. The number of hydrogen-bond acceptors (Lipinski definition) is 2. The van der Waals surface area contributed by atoms with E-state index in [4.69, 9.17) is 10.8 Å². The summed E-state index contributed by atoms with van der Waals surface area (Å²) in [6.07, 6.45) is -0.524. The fourth-order valence-corrected chi connectivity index (χ4v) is 2.37. The molecule has 21 heavy (non-hydrogen) atoms. The number of alkyl halides is 2. The van der Waals surface area contributed by atoms with Crippen LogP contribution < -0.4 is 10.6 Å². The van der Waals surface area contributed by atoms with Gasteiger partial charge in [0, 0.05) is 30.4 Å². The van der Waals surface area contributed by atoms with Crippen molar-refractivity contribution in [3.8, 4) is 0 Å². The van der Waals surface area contributed by atoms with Gasteiger partial charge in [-0.3, -0.25) is 16.1 Å². The molecule has 1 aliphatic heterocycles. The van der Waals surface area contributed by atoms with Gasteiger partial charge in [-0.05, 0) is 28.1 Å². The largest absolute Gasteiger partial charge is 0.342 e. The topological polar surface area (TPSA) is 75.0 Å². The summed E-state index contributed by atoms with van der Waals surface area (Å²) in [6.45, 7) is 0.224. The summed E-state index contributed by atoms with van der Waals surface area (Å²) in [7, 11) is 0. The monoisotopic (exact) mass is 359 g/mol. The highest BCUT2D eigenvalue weighted by molar-refractivity contribution is 9.10. The van der Waals surface area contributed by atoms with Crippen LogP contribution in [0.2, 0.25) is 0 Å². The van der Waals surface area contributed by atoms with Crippen LogP contribution in [0.15, 0.2) is 28.7 Å². The normalized spacial score (nSPS) is 17.2. The van der Waals surface area contributed by atoms with Gasteiger partial charge in [0.15, 0.2) is 11.9 Å². The lowest BCUT2D eigenvalue weighted by molar-refractivity contribution is -0.0438. The van der Waals surface area contributed by atoms with Gasteiger partial charge >= 0.3 is 0 Å². The van der Waals surface area contributed by atoms with Crippen molar-refractivity contribution in [3.63, 3.8) is 0 Å². The summed E-state index contributed by atoms with van der Waals surface area (Å²) in [5, 5.41) is 21.0. The predicted molar refractivity (Wildman–Crippen MR) is 82.1 cm³/mol. The van der Waals surface area contributed by atoms with Crippen LogP contribution in [0.1, 0.15) is 12.8 Å². The standard InChI is InChI=1S/C13H16BrF2N5/c14-9-3-1-2-4-10(9)19-11(17)20-12(18)21-7-5-13(15,16)6-8-21/h1-4H,5-8H2,(H4,17,18,19,20). The lowest BCUT2D eigenvalue weighted by Gasteiger charge is -2.33. The number of rotatable bonds is 1. The van der Waals surface area contributed by atoms with E-state index in [0.29, 0.717) is 5.69 Å². The third kappa shape index (κ3) is 4.38. The van der Waals surface area contributed by atoms with E-state index in [1.165, 1.54) is 4.90 Å². The van der Waals surface area contributed by atoms with Crippen molar-refractivity contribution < 1.29 is 8.78 Å². The van der Waals surface area contributed by atoms with Crippen LogP contribution in [0.5, 0.6) is 0 Å². The van der Waals surface area contributed by atoms with E-state index < -0.39 is 5.92 Å². The molecule has 0 unspecified atom stereocenters. The number of hydrogen-bond donors (Lipinski definition) is 4. The minimum atomic E-state index is -2.64. The Bertz CT molecular complexity index is 539. The van der Waals surface area contributed by atoms with Gasteiger partial charge in [0.25, 0.3) is 5.92 Å². The molecule has 0 saturated carbocycles. The Balaban J connectivity index is 1.86. The van der Waals surface area contributed by atoms with Gasteiger partial charge < -0.3 is 10.2 Å². The van der Waals surface area contributed by atoms with E-state index >= 15 is 0 Å². The Morgan fingerprint density at radius 3 is 2.43 bits per heavy atom. The van der Waals surface area contributed by atoms with Gasteiger partial charge in [0.2, 0.25) is 0 Å². The van der Waals surface area contributed by atoms with Crippen LogP contribution in [0, 0.1) is 10.8 Å². The van der Waals surface area contributed by atoms with Crippen LogP contribution in [0.4, 0.5) is 14.5 Å². The van der Waals surface area contributed by atoms with Crippen LogP contribution in [0.25, 0.3) is 0 Å². The summed E-state index contributed by atoms with van der Waals surface area (Å²) >= 11 is 3.35. The first-order chi connectivity index (χ1) is 9.87. The van der Waals surface area contributed by atoms with E-state index in [9.17, 15) is 8.78 Å². The number of anilines is 1. The van der Waals surface area contributed by atoms with Crippen molar-refractivity contribution in [1.82, 2.24) is 10.2 Å². The number of benzene rings is 1. The first-order valence-electron chi connectivity index (χ1n) is 6.46. The molecule has 1 fully saturated rings. The Labute approximate surface area is 129 Å². The molecule has 5 nitrogen and oxygen atoms in total. The third-order valence-corrected chi connectivity index (χ3v) is 3.88. The second-order valence-electron chi connectivity index (χ2n) is 4.80. The first kappa shape index (κ1) is 15.7. The van der Waals surface area contributed by atoms with E-state index in [1.54, 1.807) is 6.07 Å². The van der Waals surface area contributed by atoms with Gasteiger partial charge in [-0.1, -0.05) is 12.1 Å². The molecule has 1 heterocycles. The molecule has 8 heteroatoms. The van der Waals surface area contributed by atoms with Crippen LogP contribution in [0.3, 0.4) is 0 Å². The summed E-state index contributed by atoms with van der Waals surface area (Å²) in [4.78, 5) is 1.51. The minimum absolute atomic E-state index is 0.0462. The lowest BCUT2D eigenvalue weighted by Crippen LogP contribution is -2.50. The third-order valence-electron chi connectivity index (χ3n) is 3.19. The number of likely N-dealkylation sites (tertiary alicyclic amines) is 1. The van der Waals surface area contributed by atoms with Gasteiger partial charge in [0.05, 0.1) is 5.69 Å². The lowest BCUT2D eigenvalue weighted by atomic mass is 10.1.